The van der Waals surface area contributed by atoms with Gasteiger partial charge in [-0.15, -0.1) is 11.3 Å². The highest BCUT2D eigenvalue weighted by Gasteiger charge is 2.15. The van der Waals surface area contributed by atoms with Gasteiger partial charge in [-0.05, 0) is 24.4 Å². The fourth-order valence-corrected chi connectivity index (χ4v) is 2.68. The molecule has 1 amide bonds. The smallest absolute Gasteiger partial charge is 0.276 e. The predicted octanol–water partition coefficient (Wildman–Crippen LogP) is 2.83. The number of pyridine rings is 1. The molecule has 0 aliphatic rings. The highest BCUT2D eigenvalue weighted by Crippen LogP contribution is 2.24. The molecule has 0 unspecified atom stereocenters. The summed E-state index contributed by atoms with van der Waals surface area (Å²) >= 11 is 1.38. The summed E-state index contributed by atoms with van der Waals surface area (Å²) in [7, 11) is 0. The van der Waals surface area contributed by atoms with Crippen LogP contribution in [0.2, 0.25) is 0 Å². The molecule has 100 valence electrons. The number of benzene rings is 1. The van der Waals surface area contributed by atoms with Crippen LogP contribution in [0.3, 0.4) is 0 Å². The van der Waals surface area contributed by atoms with Crippen molar-refractivity contribution < 1.29 is 4.79 Å². The summed E-state index contributed by atoms with van der Waals surface area (Å²) in [6, 6.07) is 7.34. The van der Waals surface area contributed by atoms with Crippen LogP contribution in [0.25, 0.3) is 10.8 Å². The van der Waals surface area contributed by atoms with Gasteiger partial charge in [-0.3, -0.25) is 15.1 Å². The Bertz CT molecular complexity index is 791. The van der Waals surface area contributed by atoms with Gasteiger partial charge in [0.2, 0.25) is 0 Å². The van der Waals surface area contributed by atoms with E-state index in [1.54, 1.807) is 12.3 Å². The second-order valence-corrected chi connectivity index (χ2v) is 5.21. The minimum Gasteiger partial charge on any atom is -0.398 e. The topological polar surface area (TPSA) is 80.9 Å². The largest absolute Gasteiger partial charge is 0.398 e. The number of nitrogens with zero attached hydrogens (tertiary/aromatic N) is 2. The Morgan fingerprint density at radius 3 is 2.95 bits per heavy atom. The number of nitrogens with two attached hydrogens (primary N) is 1. The maximum Gasteiger partial charge on any atom is 0.276 e. The van der Waals surface area contributed by atoms with E-state index in [4.69, 9.17) is 5.73 Å². The van der Waals surface area contributed by atoms with Crippen molar-refractivity contribution in [1.82, 2.24) is 9.97 Å². The van der Waals surface area contributed by atoms with Crippen LogP contribution < -0.4 is 11.1 Å². The van der Waals surface area contributed by atoms with Gasteiger partial charge in [-0.1, -0.05) is 12.1 Å². The monoisotopic (exact) mass is 284 g/mol. The SMILES string of the molecule is Cc1csc(NC(=O)c2nccc3cccc(N)c23)n1. The first-order valence-electron chi connectivity index (χ1n) is 6.02. The normalized spacial score (nSPS) is 10.7. The molecule has 0 fully saturated rings. The standard InChI is InChI=1S/C14H12N4OS/c1-8-7-20-14(17-8)18-13(19)12-11-9(5-6-16-12)3-2-4-10(11)15/h2-7H,15H2,1H3,(H,17,18,19). The van der Waals surface area contributed by atoms with E-state index in [1.165, 1.54) is 11.3 Å². The van der Waals surface area contributed by atoms with Gasteiger partial charge in [0, 0.05) is 22.7 Å². The van der Waals surface area contributed by atoms with Gasteiger partial charge in [0.05, 0.1) is 5.69 Å². The summed E-state index contributed by atoms with van der Waals surface area (Å²) in [5, 5.41) is 6.74. The summed E-state index contributed by atoms with van der Waals surface area (Å²) in [4.78, 5) is 20.7. The van der Waals surface area contributed by atoms with Crippen molar-refractivity contribution in [2.75, 3.05) is 11.1 Å². The van der Waals surface area contributed by atoms with Gasteiger partial charge in [-0.25, -0.2) is 4.98 Å². The molecule has 0 saturated heterocycles. The number of carbonyl (C=O) groups is 1. The summed E-state index contributed by atoms with van der Waals surface area (Å²) in [6.45, 7) is 1.88. The zero-order valence-corrected chi connectivity index (χ0v) is 11.6. The van der Waals surface area contributed by atoms with Crippen LogP contribution in [0, 0.1) is 6.92 Å². The maximum atomic E-state index is 12.3. The Kier molecular flexibility index (Phi) is 3.08. The van der Waals surface area contributed by atoms with Crippen LogP contribution in [-0.4, -0.2) is 15.9 Å². The quantitative estimate of drug-likeness (QED) is 0.709. The van der Waals surface area contributed by atoms with Crippen molar-refractivity contribution in [1.29, 1.82) is 0 Å². The number of rotatable bonds is 2. The Morgan fingerprint density at radius 2 is 2.20 bits per heavy atom. The van der Waals surface area contributed by atoms with Crippen molar-refractivity contribution >= 4 is 38.8 Å². The third-order valence-corrected chi connectivity index (χ3v) is 3.75. The van der Waals surface area contributed by atoms with E-state index in [0.717, 1.165) is 11.1 Å². The van der Waals surface area contributed by atoms with Crippen LogP contribution >= 0.6 is 11.3 Å². The number of anilines is 2. The molecule has 3 rings (SSSR count). The minimum atomic E-state index is -0.303. The average Bonchev–Trinajstić information content (AvgIpc) is 2.84. The van der Waals surface area contributed by atoms with Crippen molar-refractivity contribution in [2.45, 2.75) is 6.92 Å². The number of thiazole rings is 1. The van der Waals surface area contributed by atoms with Crippen LogP contribution in [-0.2, 0) is 0 Å². The molecule has 1 aromatic carbocycles. The molecule has 0 saturated carbocycles. The number of aromatic nitrogens is 2. The lowest BCUT2D eigenvalue weighted by molar-refractivity contribution is 0.102. The van der Waals surface area contributed by atoms with E-state index in [-0.39, 0.29) is 5.91 Å². The third-order valence-electron chi connectivity index (χ3n) is 2.88. The molecule has 6 heteroatoms. The van der Waals surface area contributed by atoms with E-state index in [9.17, 15) is 4.79 Å². The molecule has 20 heavy (non-hydrogen) atoms. The van der Waals surface area contributed by atoms with Crippen LogP contribution in [0.1, 0.15) is 16.2 Å². The van der Waals surface area contributed by atoms with Gasteiger partial charge in [0.15, 0.2) is 5.13 Å². The second-order valence-electron chi connectivity index (χ2n) is 4.35. The first-order valence-corrected chi connectivity index (χ1v) is 6.90. The molecule has 0 aliphatic heterocycles. The average molecular weight is 284 g/mol. The first kappa shape index (κ1) is 12.6. The number of nitrogen functional groups attached to an aromatic ring is 1. The van der Waals surface area contributed by atoms with E-state index in [1.807, 2.05) is 30.5 Å². The molecule has 0 bridgehead atoms. The van der Waals surface area contributed by atoms with Gasteiger partial charge in [-0.2, -0.15) is 0 Å². The summed E-state index contributed by atoms with van der Waals surface area (Å²) in [5.74, 6) is -0.303. The highest BCUT2D eigenvalue weighted by molar-refractivity contribution is 7.13. The zero-order valence-electron chi connectivity index (χ0n) is 10.8. The predicted molar refractivity (Wildman–Crippen MR) is 81.0 cm³/mol. The Balaban J connectivity index is 2.03. The number of aryl methyl sites for hydroxylation is 1. The number of amides is 1. The van der Waals surface area contributed by atoms with Crippen molar-refractivity contribution in [3.8, 4) is 0 Å². The van der Waals surface area contributed by atoms with Crippen LogP contribution in [0.4, 0.5) is 10.8 Å². The zero-order chi connectivity index (χ0) is 14.1. The van der Waals surface area contributed by atoms with E-state index in [2.05, 4.69) is 15.3 Å². The summed E-state index contributed by atoms with van der Waals surface area (Å²) in [6.07, 6.45) is 1.60. The lowest BCUT2D eigenvalue weighted by Gasteiger charge is -2.07. The number of nitrogens with one attached hydrogen (secondary N) is 1. The summed E-state index contributed by atoms with van der Waals surface area (Å²) in [5.41, 5.74) is 7.68. The number of fused-ring (bicyclic) bond motifs is 1. The molecular weight excluding hydrogens is 272 g/mol. The molecule has 0 aliphatic carbocycles. The lowest BCUT2D eigenvalue weighted by Crippen LogP contribution is -2.14. The Labute approximate surface area is 119 Å². The summed E-state index contributed by atoms with van der Waals surface area (Å²) < 4.78 is 0. The van der Waals surface area contributed by atoms with Crippen LogP contribution in [0.15, 0.2) is 35.8 Å². The molecule has 3 aromatic rings. The van der Waals surface area contributed by atoms with E-state index >= 15 is 0 Å². The Morgan fingerprint density at radius 1 is 1.35 bits per heavy atom. The van der Waals surface area contributed by atoms with E-state index < -0.39 is 0 Å². The van der Waals surface area contributed by atoms with Crippen molar-refractivity contribution in [3.05, 3.63) is 47.2 Å². The molecule has 0 atom stereocenters. The van der Waals surface area contributed by atoms with Crippen molar-refractivity contribution in [2.24, 2.45) is 0 Å². The number of carbonyl (C=O) groups excluding carboxylic acids is 1. The minimum absolute atomic E-state index is 0.303. The Hall–Kier alpha value is -2.47. The van der Waals surface area contributed by atoms with Gasteiger partial charge >= 0.3 is 0 Å². The highest BCUT2D eigenvalue weighted by atomic mass is 32.1. The number of hydrogen-bond acceptors (Lipinski definition) is 5. The molecule has 5 nitrogen and oxygen atoms in total. The molecule has 3 N–H and O–H groups in total. The second kappa shape index (κ2) is 4.90. The third kappa shape index (κ3) is 2.21. The molecule has 0 radical (unpaired) electrons. The lowest BCUT2D eigenvalue weighted by atomic mass is 10.1. The van der Waals surface area contributed by atoms with Gasteiger partial charge in [0.25, 0.3) is 5.91 Å². The molecular formula is C14H12N4OS. The van der Waals surface area contributed by atoms with Crippen LogP contribution in [0.5, 0.6) is 0 Å². The fraction of sp³-hybridized carbons (Fsp3) is 0.0714. The van der Waals surface area contributed by atoms with Gasteiger partial charge < -0.3 is 5.73 Å². The van der Waals surface area contributed by atoms with Crippen molar-refractivity contribution in [3.63, 3.8) is 0 Å². The maximum absolute atomic E-state index is 12.3. The molecule has 0 spiro atoms. The first-order chi connectivity index (χ1) is 9.65. The van der Waals surface area contributed by atoms with E-state index in [0.29, 0.717) is 21.9 Å². The number of hydrogen-bond donors (Lipinski definition) is 2. The molecule has 2 heterocycles. The fourth-order valence-electron chi connectivity index (χ4n) is 2.00. The molecule has 2 aromatic heterocycles. The van der Waals surface area contributed by atoms with Gasteiger partial charge in [0.1, 0.15) is 5.69 Å².